The second kappa shape index (κ2) is 7.47. The number of carbonyl (C=O) groups is 1. The molecule has 1 aliphatic rings. The van der Waals surface area contributed by atoms with Gasteiger partial charge in [0.2, 0.25) is 0 Å². The van der Waals surface area contributed by atoms with Gasteiger partial charge in [0.05, 0.1) is 18.7 Å². The lowest BCUT2D eigenvalue weighted by Crippen LogP contribution is -2.49. The highest BCUT2D eigenvalue weighted by Crippen LogP contribution is 2.26. The van der Waals surface area contributed by atoms with E-state index in [0.29, 0.717) is 37.5 Å². The number of hydrogen-bond acceptors (Lipinski definition) is 5. The van der Waals surface area contributed by atoms with Crippen LogP contribution in [0.1, 0.15) is 21.3 Å². The second-order valence-electron chi connectivity index (χ2n) is 5.58. The fourth-order valence-corrected chi connectivity index (χ4v) is 3.75. The zero-order valence-corrected chi connectivity index (χ0v) is 14.3. The van der Waals surface area contributed by atoms with Gasteiger partial charge in [-0.15, -0.1) is 11.3 Å². The van der Waals surface area contributed by atoms with Gasteiger partial charge in [-0.2, -0.15) is 5.26 Å². The molecule has 0 spiro atoms. The number of carbonyl (C=O) groups excluding carboxylic acids is 1. The molecule has 1 aromatic carbocycles. The van der Waals surface area contributed by atoms with Crippen molar-refractivity contribution in [1.82, 2.24) is 9.80 Å². The maximum absolute atomic E-state index is 12.7. The highest BCUT2D eigenvalue weighted by Gasteiger charge is 2.28. The fourth-order valence-electron chi connectivity index (χ4n) is 2.95. The number of benzene rings is 1. The molecule has 5 nitrogen and oxygen atoms in total. The Balaban J connectivity index is 1.67. The smallest absolute Gasteiger partial charge is 0.257 e. The monoisotopic (exact) mass is 341 g/mol. The third kappa shape index (κ3) is 3.28. The zero-order chi connectivity index (χ0) is 16.9. The molecule has 1 atom stereocenters. The number of thiophene rings is 1. The van der Waals surface area contributed by atoms with Gasteiger partial charge in [-0.1, -0.05) is 18.2 Å². The van der Waals surface area contributed by atoms with Crippen LogP contribution < -0.4 is 4.74 Å². The predicted molar refractivity (Wildman–Crippen MR) is 93.1 cm³/mol. The van der Waals surface area contributed by atoms with Gasteiger partial charge in [0.25, 0.3) is 5.91 Å². The summed E-state index contributed by atoms with van der Waals surface area (Å²) in [5.41, 5.74) is 0.587. The van der Waals surface area contributed by atoms with Crippen LogP contribution in [0.2, 0.25) is 0 Å². The Hall–Kier alpha value is -2.36. The van der Waals surface area contributed by atoms with Gasteiger partial charge in [0.1, 0.15) is 11.8 Å². The van der Waals surface area contributed by atoms with Crippen LogP contribution in [0.4, 0.5) is 0 Å². The van der Waals surface area contributed by atoms with Crippen molar-refractivity contribution >= 4 is 17.2 Å². The predicted octanol–water partition coefficient (Wildman–Crippen LogP) is 2.78. The third-order valence-corrected chi connectivity index (χ3v) is 5.16. The van der Waals surface area contributed by atoms with Gasteiger partial charge in [-0.3, -0.25) is 9.69 Å². The van der Waals surface area contributed by atoms with Crippen molar-refractivity contribution in [3.05, 3.63) is 52.2 Å². The first kappa shape index (κ1) is 16.5. The molecule has 1 fully saturated rings. The maximum Gasteiger partial charge on any atom is 0.257 e. The van der Waals surface area contributed by atoms with Crippen molar-refractivity contribution in [3.8, 4) is 11.8 Å². The third-order valence-electron chi connectivity index (χ3n) is 4.24. The molecule has 1 amide bonds. The van der Waals surface area contributed by atoms with Crippen LogP contribution in [0, 0.1) is 11.3 Å². The van der Waals surface area contributed by atoms with E-state index >= 15 is 0 Å². The molecule has 1 saturated heterocycles. The van der Waals surface area contributed by atoms with Gasteiger partial charge >= 0.3 is 0 Å². The molecule has 124 valence electrons. The van der Waals surface area contributed by atoms with Gasteiger partial charge < -0.3 is 9.64 Å². The summed E-state index contributed by atoms with van der Waals surface area (Å²) in [4.78, 5) is 17.7. The van der Waals surface area contributed by atoms with Crippen molar-refractivity contribution in [2.75, 3.05) is 33.3 Å². The second-order valence-corrected chi connectivity index (χ2v) is 6.55. The van der Waals surface area contributed by atoms with Crippen molar-refractivity contribution < 1.29 is 9.53 Å². The van der Waals surface area contributed by atoms with Crippen LogP contribution in [-0.4, -0.2) is 49.0 Å². The molecule has 1 aliphatic heterocycles. The number of para-hydroxylation sites is 1. The van der Waals surface area contributed by atoms with E-state index in [4.69, 9.17) is 4.74 Å². The summed E-state index contributed by atoms with van der Waals surface area (Å²) >= 11 is 1.60. The van der Waals surface area contributed by atoms with Gasteiger partial charge in [0.15, 0.2) is 0 Å². The van der Waals surface area contributed by atoms with E-state index in [1.807, 2.05) is 34.5 Å². The molecule has 2 aromatic rings. The lowest BCUT2D eigenvalue weighted by molar-refractivity contribution is 0.0605. The quantitative estimate of drug-likeness (QED) is 0.858. The summed E-state index contributed by atoms with van der Waals surface area (Å²) in [6, 6.07) is 13.4. The molecule has 1 aromatic heterocycles. The topological polar surface area (TPSA) is 56.6 Å². The number of rotatable bonds is 4. The van der Waals surface area contributed by atoms with E-state index in [2.05, 4.69) is 11.0 Å². The van der Waals surface area contributed by atoms with Crippen LogP contribution in [0.5, 0.6) is 5.75 Å². The van der Waals surface area contributed by atoms with Crippen LogP contribution in [0.15, 0.2) is 41.8 Å². The summed E-state index contributed by atoms with van der Waals surface area (Å²) in [6.45, 7) is 2.61. The van der Waals surface area contributed by atoms with E-state index in [0.717, 1.165) is 4.88 Å². The molecule has 0 radical (unpaired) electrons. The lowest BCUT2D eigenvalue weighted by atomic mass is 10.1. The average Bonchev–Trinajstić information content (AvgIpc) is 3.16. The minimum atomic E-state index is -0.228. The maximum atomic E-state index is 12.7. The van der Waals surface area contributed by atoms with Crippen LogP contribution in [-0.2, 0) is 0 Å². The Kier molecular flexibility index (Phi) is 5.14. The molecule has 0 bridgehead atoms. The molecule has 6 heteroatoms. The minimum absolute atomic E-state index is 0.0169. The zero-order valence-electron chi connectivity index (χ0n) is 13.5. The van der Waals surface area contributed by atoms with Crippen molar-refractivity contribution in [1.29, 1.82) is 5.26 Å². The van der Waals surface area contributed by atoms with E-state index < -0.39 is 0 Å². The highest BCUT2D eigenvalue weighted by molar-refractivity contribution is 7.10. The van der Waals surface area contributed by atoms with Gasteiger partial charge in [-0.25, -0.2) is 0 Å². The molecule has 0 saturated carbocycles. The molecule has 2 heterocycles. The Morgan fingerprint density at radius 3 is 2.58 bits per heavy atom. The van der Waals surface area contributed by atoms with E-state index in [1.54, 1.807) is 30.6 Å². The Labute approximate surface area is 145 Å². The van der Waals surface area contributed by atoms with Gasteiger partial charge in [-0.05, 0) is 23.6 Å². The van der Waals surface area contributed by atoms with E-state index in [1.165, 1.54) is 0 Å². The largest absolute Gasteiger partial charge is 0.496 e. The number of nitrogens with zero attached hydrogens (tertiary/aromatic N) is 3. The van der Waals surface area contributed by atoms with E-state index in [-0.39, 0.29) is 11.9 Å². The molecule has 24 heavy (non-hydrogen) atoms. The summed E-state index contributed by atoms with van der Waals surface area (Å²) in [7, 11) is 1.57. The Morgan fingerprint density at radius 2 is 1.96 bits per heavy atom. The lowest BCUT2D eigenvalue weighted by Gasteiger charge is -2.36. The first-order chi connectivity index (χ1) is 11.7. The molecule has 3 rings (SSSR count). The minimum Gasteiger partial charge on any atom is -0.496 e. The fraction of sp³-hybridized carbons (Fsp3) is 0.333. The van der Waals surface area contributed by atoms with Crippen molar-refractivity contribution in [2.24, 2.45) is 0 Å². The normalized spacial score (nSPS) is 16.4. The Morgan fingerprint density at radius 1 is 1.21 bits per heavy atom. The Bertz CT molecular complexity index is 731. The number of amides is 1. The average molecular weight is 341 g/mol. The van der Waals surface area contributed by atoms with Crippen LogP contribution in [0.3, 0.4) is 0 Å². The molecule has 0 aliphatic carbocycles. The first-order valence-corrected chi connectivity index (χ1v) is 8.72. The summed E-state index contributed by atoms with van der Waals surface area (Å²) in [5.74, 6) is 0.579. The van der Waals surface area contributed by atoms with Gasteiger partial charge in [0, 0.05) is 31.1 Å². The molecular weight excluding hydrogens is 322 g/mol. The number of hydrogen-bond donors (Lipinski definition) is 0. The highest BCUT2D eigenvalue weighted by atomic mass is 32.1. The number of methoxy groups -OCH3 is 1. The van der Waals surface area contributed by atoms with Crippen molar-refractivity contribution in [2.45, 2.75) is 6.04 Å². The molecule has 0 N–H and O–H groups in total. The van der Waals surface area contributed by atoms with Crippen molar-refractivity contribution in [3.63, 3.8) is 0 Å². The molecule has 1 unspecified atom stereocenters. The number of nitriles is 1. The van der Waals surface area contributed by atoms with Crippen LogP contribution in [0.25, 0.3) is 0 Å². The summed E-state index contributed by atoms with van der Waals surface area (Å²) < 4.78 is 5.28. The standard InChI is InChI=1S/C18H19N3O2S/c1-23-16-6-3-2-5-14(16)18(22)21-10-8-20(9-11-21)15(13-19)17-7-4-12-24-17/h2-7,12,15H,8-11H2,1H3. The number of ether oxygens (including phenoxy) is 1. The SMILES string of the molecule is COc1ccccc1C(=O)N1CCN(C(C#N)c2cccs2)CC1. The number of piperazine rings is 1. The first-order valence-electron chi connectivity index (χ1n) is 7.84. The van der Waals surface area contributed by atoms with E-state index in [9.17, 15) is 10.1 Å². The summed E-state index contributed by atoms with van der Waals surface area (Å²) in [6.07, 6.45) is 0. The van der Waals surface area contributed by atoms with Crippen LogP contribution >= 0.6 is 11.3 Å². The molecular formula is C18H19N3O2S. The summed E-state index contributed by atoms with van der Waals surface area (Å²) in [5, 5.41) is 11.5.